The second kappa shape index (κ2) is 8.03. The van der Waals surface area contributed by atoms with Gasteiger partial charge in [0.05, 0.1) is 13.5 Å². The number of esters is 1. The molecule has 0 bridgehead atoms. The number of rotatable bonds is 7. The summed E-state index contributed by atoms with van der Waals surface area (Å²) in [5, 5.41) is 3.89. The molecule has 94 valence electrons. The Labute approximate surface area is 105 Å². The first kappa shape index (κ1) is 13.9. The molecule has 0 radical (unpaired) electrons. The number of ether oxygens (including phenoxy) is 1. The maximum absolute atomic E-state index is 10.9. The van der Waals surface area contributed by atoms with Crippen molar-refractivity contribution in [3.63, 3.8) is 0 Å². The van der Waals surface area contributed by atoms with Crippen LogP contribution in [0.3, 0.4) is 0 Å². The second-order valence-corrected chi connectivity index (χ2v) is 4.39. The second-order valence-electron chi connectivity index (χ2n) is 3.33. The van der Waals surface area contributed by atoms with E-state index in [9.17, 15) is 4.79 Å². The third-order valence-corrected chi connectivity index (χ3v) is 2.90. The zero-order valence-corrected chi connectivity index (χ0v) is 10.9. The van der Waals surface area contributed by atoms with Crippen molar-refractivity contribution < 1.29 is 9.53 Å². The molecule has 5 nitrogen and oxygen atoms in total. The van der Waals surface area contributed by atoms with Gasteiger partial charge >= 0.3 is 5.97 Å². The topological polar surface area (TPSA) is 64.1 Å². The van der Waals surface area contributed by atoms with E-state index in [1.165, 1.54) is 18.9 Å². The third kappa shape index (κ3) is 5.65. The SMILES string of the molecule is CCNCc1cnc(SCCC(=O)OC)nc1. The highest BCUT2D eigenvalue weighted by atomic mass is 32.2. The number of hydrogen-bond acceptors (Lipinski definition) is 6. The third-order valence-electron chi connectivity index (χ3n) is 2.03. The molecule has 0 amide bonds. The molecule has 6 heteroatoms. The van der Waals surface area contributed by atoms with Gasteiger partial charge in [0.25, 0.3) is 0 Å². The van der Waals surface area contributed by atoms with Crippen LogP contribution in [0.4, 0.5) is 0 Å². The predicted molar refractivity (Wildman–Crippen MR) is 66.8 cm³/mol. The highest BCUT2D eigenvalue weighted by Crippen LogP contribution is 2.13. The van der Waals surface area contributed by atoms with Gasteiger partial charge < -0.3 is 10.1 Å². The van der Waals surface area contributed by atoms with E-state index in [-0.39, 0.29) is 5.97 Å². The molecule has 17 heavy (non-hydrogen) atoms. The Bertz CT molecular complexity index is 343. The van der Waals surface area contributed by atoms with E-state index in [1.54, 1.807) is 12.4 Å². The zero-order chi connectivity index (χ0) is 12.5. The van der Waals surface area contributed by atoms with E-state index in [4.69, 9.17) is 0 Å². The molecule has 1 heterocycles. The maximum Gasteiger partial charge on any atom is 0.306 e. The fraction of sp³-hybridized carbons (Fsp3) is 0.545. The van der Waals surface area contributed by atoms with Crippen LogP contribution in [0.15, 0.2) is 17.6 Å². The number of aromatic nitrogens is 2. The summed E-state index contributed by atoms with van der Waals surface area (Å²) in [6, 6.07) is 0. The molecule has 0 saturated carbocycles. The molecule has 1 rings (SSSR count). The maximum atomic E-state index is 10.9. The van der Waals surface area contributed by atoms with Crippen molar-refractivity contribution in [1.29, 1.82) is 0 Å². The van der Waals surface area contributed by atoms with Crippen molar-refractivity contribution in [1.82, 2.24) is 15.3 Å². The number of nitrogens with one attached hydrogen (secondary N) is 1. The zero-order valence-electron chi connectivity index (χ0n) is 10.1. The minimum Gasteiger partial charge on any atom is -0.469 e. The van der Waals surface area contributed by atoms with Crippen LogP contribution in [0, 0.1) is 0 Å². The normalized spacial score (nSPS) is 10.2. The van der Waals surface area contributed by atoms with Gasteiger partial charge in [0.1, 0.15) is 0 Å². The van der Waals surface area contributed by atoms with Crippen LogP contribution in [0.2, 0.25) is 0 Å². The van der Waals surface area contributed by atoms with Gasteiger partial charge in [-0.1, -0.05) is 18.7 Å². The Balaban J connectivity index is 2.32. The van der Waals surface area contributed by atoms with E-state index in [0.29, 0.717) is 17.3 Å². The molecule has 0 saturated heterocycles. The summed E-state index contributed by atoms with van der Waals surface area (Å²) in [5.41, 5.74) is 1.06. The molecule has 0 aliphatic rings. The van der Waals surface area contributed by atoms with Gasteiger partial charge in [-0.3, -0.25) is 4.79 Å². The van der Waals surface area contributed by atoms with E-state index < -0.39 is 0 Å². The summed E-state index contributed by atoms with van der Waals surface area (Å²) >= 11 is 1.45. The number of methoxy groups -OCH3 is 1. The monoisotopic (exact) mass is 255 g/mol. The minimum absolute atomic E-state index is 0.207. The Morgan fingerprint density at radius 3 is 2.76 bits per heavy atom. The molecule has 1 N–H and O–H groups in total. The molecule has 0 spiro atoms. The molecule has 0 fully saturated rings. The van der Waals surface area contributed by atoms with Gasteiger partial charge in [-0.25, -0.2) is 9.97 Å². The molecular formula is C11H17N3O2S. The van der Waals surface area contributed by atoms with Crippen LogP contribution in [-0.4, -0.2) is 35.3 Å². The average molecular weight is 255 g/mol. The fourth-order valence-electron chi connectivity index (χ4n) is 1.11. The van der Waals surface area contributed by atoms with Crippen molar-refractivity contribution in [2.45, 2.75) is 25.0 Å². The first-order valence-corrected chi connectivity index (χ1v) is 6.46. The summed E-state index contributed by atoms with van der Waals surface area (Å²) in [6.07, 6.45) is 3.98. The summed E-state index contributed by atoms with van der Waals surface area (Å²) in [7, 11) is 1.39. The lowest BCUT2D eigenvalue weighted by atomic mass is 10.3. The molecule has 0 unspecified atom stereocenters. The van der Waals surface area contributed by atoms with E-state index in [1.807, 2.05) is 0 Å². The van der Waals surface area contributed by atoms with Gasteiger partial charge in [-0.2, -0.15) is 0 Å². The number of thioether (sulfide) groups is 1. The number of carbonyl (C=O) groups excluding carboxylic acids is 1. The molecule has 0 aromatic carbocycles. The van der Waals surface area contributed by atoms with Crippen molar-refractivity contribution in [3.8, 4) is 0 Å². The average Bonchev–Trinajstić information content (AvgIpc) is 2.37. The summed E-state index contributed by atoms with van der Waals surface area (Å²) < 4.78 is 4.55. The number of carbonyl (C=O) groups is 1. The van der Waals surface area contributed by atoms with Crippen LogP contribution < -0.4 is 5.32 Å². The van der Waals surface area contributed by atoms with Crippen molar-refractivity contribution >= 4 is 17.7 Å². The van der Waals surface area contributed by atoms with Crippen molar-refractivity contribution in [2.75, 3.05) is 19.4 Å². The van der Waals surface area contributed by atoms with Crippen molar-refractivity contribution in [2.24, 2.45) is 0 Å². The Kier molecular flexibility index (Phi) is 6.57. The van der Waals surface area contributed by atoms with Gasteiger partial charge in [0.2, 0.25) is 0 Å². The quantitative estimate of drug-likeness (QED) is 0.449. The first-order valence-electron chi connectivity index (χ1n) is 5.47. The van der Waals surface area contributed by atoms with E-state index in [2.05, 4.69) is 26.9 Å². The van der Waals surface area contributed by atoms with Crippen LogP contribution in [0.1, 0.15) is 18.9 Å². The lowest BCUT2D eigenvalue weighted by Crippen LogP contribution is -2.12. The van der Waals surface area contributed by atoms with Crippen molar-refractivity contribution in [3.05, 3.63) is 18.0 Å². The standard InChI is InChI=1S/C11H17N3O2S/c1-3-12-6-9-7-13-11(14-8-9)17-5-4-10(15)16-2/h7-8,12H,3-6H2,1-2H3. The summed E-state index contributed by atoms with van der Waals surface area (Å²) in [6.45, 7) is 3.76. The number of hydrogen-bond donors (Lipinski definition) is 1. The predicted octanol–water partition coefficient (Wildman–Crippen LogP) is 1.24. The van der Waals surface area contributed by atoms with E-state index >= 15 is 0 Å². The van der Waals surface area contributed by atoms with Crippen LogP contribution >= 0.6 is 11.8 Å². The fourth-order valence-corrected chi connectivity index (χ4v) is 1.81. The molecular weight excluding hydrogens is 238 g/mol. The molecule has 1 aromatic rings. The highest BCUT2D eigenvalue weighted by molar-refractivity contribution is 7.99. The summed E-state index contributed by atoms with van der Waals surface area (Å²) in [4.78, 5) is 19.3. The molecule has 0 aliphatic carbocycles. The Morgan fingerprint density at radius 1 is 1.47 bits per heavy atom. The smallest absolute Gasteiger partial charge is 0.306 e. The summed E-state index contributed by atoms with van der Waals surface area (Å²) in [5.74, 6) is 0.431. The molecule has 0 atom stereocenters. The van der Waals surface area contributed by atoms with Gasteiger partial charge in [-0.05, 0) is 6.54 Å². The minimum atomic E-state index is -0.207. The first-order chi connectivity index (χ1) is 8.26. The van der Waals surface area contributed by atoms with E-state index in [0.717, 1.165) is 18.7 Å². The molecule has 0 aliphatic heterocycles. The lowest BCUT2D eigenvalue weighted by molar-refractivity contribution is -0.140. The highest BCUT2D eigenvalue weighted by Gasteiger charge is 2.02. The Morgan fingerprint density at radius 2 is 2.18 bits per heavy atom. The van der Waals surface area contributed by atoms with Crippen LogP contribution in [0.5, 0.6) is 0 Å². The van der Waals surface area contributed by atoms with Crippen LogP contribution in [0.25, 0.3) is 0 Å². The number of nitrogens with zero attached hydrogens (tertiary/aromatic N) is 2. The largest absolute Gasteiger partial charge is 0.469 e. The van der Waals surface area contributed by atoms with Gasteiger partial charge in [-0.15, -0.1) is 0 Å². The molecule has 1 aromatic heterocycles. The van der Waals surface area contributed by atoms with Gasteiger partial charge in [0, 0.05) is 30.3 Å². The Hall–Kier alpha value is -1.14. The van der Waals surface area contributed by atoms with Crippen LogP contribution in [-0.2, 0) is 16.1 Å². The van der Waals surface area contributed by atoms with Gasteiger partial charge in [0.15, 0.2) is 5.16 Å². The lowest BCUT2D eigenvalue weighted by Gasteiger charge is -2.02.